The van der Waals surface area contributed by atoms with Crippen molar-refractivity contribution in [1.29, 1.82) is 0 Å². The molecule has 1 aliphatic heterocycles. The van der Waals surface area contributed by atoms with E-state index in [9.17, 15) is 14.3 Å². The van der Waals surface area contributed by atoms with Crippen LogP contribution in [0.15, 0.2) is 65.8 Å². The molecule has 0 unspecified atom stereocenters. The molecule has 0 radical (unpaired) electrons. The van der Waals surface area contributed by atoms with E-state index in [4.69, 9.17) is 0 Å². The van der Waals surface area contributed by atoms with Gasteiger partial charge in [0.05, 0.1) is 40.3 Å². The maximum atomic E-state index is 15.0. The van der Waals surface area contributed by atoms with Gasteiger partial charge in [-0.15, -0.1) is 0 Å². The van der Waals surface area contributed by atoms with Crippen LogP contribution in [0.25, 0.3) is 33.1 Å². The SMILES string of the molecule is O=c1[nH]ccc2nc(-c3cc4[nH]ccc4cc3F)cc(Nc3ccc(N4CCC(O)CC4)cn3)c12. The van der Waals surface area contributed by atoms with E-state index >= 15 is 0 Å². The Morgan fingerprint density at radius 1 is 1.06 bits per heavy atom. The Bertz CT molecular complexity index is 1590. The second kappa shape index (κ2) is 8.52. The summed E-state index contributed by atoms with van der Waals surface area (Å²) in [6.07, 6.45) is 6.29. The highest BCUT2D eigenvalue weighted by molar-refractivity contribution is 5.95. The van der Waals surface area contributed by atoms with Gasteiger partial charge in [-0.1, -0.05) is 0 Å². The fourth-order valence-electron chi connectivity index (χ4n) is 4.61. The topological polar surface area (TPSA) is 110 Å². The van der Waals surface area contributed by atoms with E-state index in [1.807, 2.05) is 18.2 Å². The molecule has 8 nitrogen and oxygen atoms in total. The molecule has 1 aromatic carbocycles. The lowest BCUT2D eigenvalue weighted by Gasteiger charge is -2.31. The molecular weight excluding hydrogens is 447 g/mol. The van der Waals surface area contributed by atoms with Gasteiger partial charge in [-0.2, -0.15) is 0 Å². The molecule has 0 aliphatic carbocycles. The van der Waals surface area contributed by atoms with Crippen LogP contribution in [0.2, 0.25) is 0 Å². The standard InChI is InChI=1S/C26H23FN6O2/c27-19-11-15-3-7-28-21(15)12-18(19)22-13-23(25-20(31-22)4-8-29-26(25)35)32-24-2-1-16(14-30-24)33-9-5-17(34)6-10-33/h1-4,7-8,11-14,17,28,34H,5-6,9-10H2,(H,29,35)(H,30,31,32). The Morgan fingerprint density at radius 2 is 1.89 bits per heavy atom. The summed E-state index contributed by atoms with van der Waals surface area (Å²) < 4.78 is 15.0. The zero-order chi connectivity index (χ0) is 23.9. The molecule has 4 N–H and O–H groups in total. The molecule has 1 aliphatic rings. The van der Waals surface area contributed by atoms with Gasteiger partial charge in [0.15, 0.2) is 0 Å². The molecule has 6 rings (SSSR count). The van der Waals surface area contributed by atoms with Crippen molar-refractivity contribution in [3.63, 3.8) is 0 Å². The number of nitrogens with zero attached hydrogens (tertiary/aromatic N) is 3. The minimum Gasteiger partial charge on any atom is -0.393 e. The fourth-order valence-corrected chi connectivity index (χ4v) is 4.61. The average molecular weight is 471 g/mol. The molecule has 4 aromatic heterocycles. The molecule has 1 fully saturated rings. The number of aromatic nitrogens is 4. The summed E-state index contributed by atoms with van der Waals surface area (Å²) in [6.45, 7) is 1.56. The molecule has 0 atom stereocenters. The van der Waals surface area contributed by atoms with Crippen molar-refractivity contribution in [2.24, 2.45) is 0 Å². The van der Waals surface area contributed by atoms with Crippen LogP contribution in [-0.2, 0) is 0 Å². The zero-order valence-electron chi connectivity index (χ0n) is 18.8. The highest BCUT2D eigenvalue weighted by Crippen LogP contribution is 2.32. The van der Waals surface area contributed by atoms with Gasteiger partial charge in [-0.25, -0.2) is 14.4 Å². The smallest absolute Gasteiger partial charge is 0.259 e. The summed E-state index contributed by atoms with van der Waals surface area (Å²) in [5.74, 6) is 0.154. The van der Waals surface area contributed by atoms with Gasteiger partial charge < -0.3 is 25.3 Å². The van der Waals surface area contributed by atoms with Crippen molar-refractivity contribution in [2.45, 2.75) is 18.9 Å². The quantitative estimate of drug-likeness (QED) is 0.312. The van der Waals surface area contributed by atoms with Crippen LogP contribution in [0.4, 0.5) is 21.6 Å². The van der Waals surface area contributed by atoms with Gasteiger partial charge in [-0.05, 0) is 55.3 Å². The highest BCUT2D eigenvalue weighted by atomic mass is 19.1. The normalized spacial score (nSPS) is 14.6. The summed E-state index contributed by atoms with van der Waals surface area (Å²) in [7, 11) is 0. The van der Waals surface area contributed by atoms with E-state index < -0.39 is 5.82 Å². The number of aromatic amines is 2. The third-order valence-corrected chi connectivity index (χ3v) is 6.49. The maximum absolute atomic E-state index is 15.0. The van der Waals surface area contributed by atoms with Gasteiger partial charge in [0, 0.05) is 41.9 Å². The second-order valence-electron chi connectivity index (χ2n) is 8.76. The zero-order valence-corrected chi connectivity index (χ0v) is 18.8. The monoisotopic (exact) mass is 470 g/mol. The van der Waals surface area contributed by atoms with Crippen molar-refractivity contribution < 1.29 is 9.50 Å². The summed E-state index contributed by atoms with van der Waals surface area (Å²) >= 11 is 0. The molecule has 176 valence electrons. The van der Waals surface area contributed by atoms with Crippen LogP contribution in [-0.4, -0.2) is 44.2 Å². The predicted molar refractivity (Wildman–Crippen MR) is 135 cm³/mol. The first-order valence-electron chi connectivity index (χ1n) is 11.5. The molecule has 0 saturated carbocycles. The van der Waals surface area contributed by atoms with E-state index in [1.165, 1.54) is 12.3 Å². The predicted octanol–water partition coefficient (Wildman–Crippen LogP) is 4.31. The number of aliphatic hydroxyl groups excluding tert-OH is 1. The Labute approximate surface area is 199 Å². The van der Waals surface area contributed by atoms with Crippen LogP contribution < -0.4 is 15.8 Å². The summed E-state index contributed by atoms with van der Waals surface area (Å²) in [6, 6.07) is 12.2. The number of anilines is 3. The number of halogens is 1. The number of aliphatic hydroxyl groups is 1. The second-order valence-corrected chi connectivity index (χ2v) is 8.76. The first kappa shape index (κ1) is 21.3. The lowest BCUT2D eigenvalue weighted by molar-refractivity contribution is 0.145. The number of pyridine rings is 3. The van der Waals surface area contributed by atoms with Crippen LogP contribution in [0, 0.1) is 5.82 Å². The van der Waals surface area contributed by atoms with E-state index in [2.05, 4.69) is 30.2 Å². The van der Waals surface area contributed by atoms with Crippen molar-refractivity contribution in [2.75, 3.05) is 23.3 Å². The Kier molecular flexibility index (Phi) is 5.18. The Morgan fingerprint density at radius 3 is 2.69 bits per heavy atom. The molecular formula is C26H23FN6O2. The molecule has 0 spiro atoms. The van der Waals surface area contributed by atoms with Crippen molar-refractivity contribution in [3.8, 4) is 11.3 Å². The van der Waals surface area contributed by atoms with Gasteiger partial charge in [0.25, 0.3) is 5.56 Å². The third kappa shape index (κ3) is 4.00. The Balaban J connectivity index is 1.39. The molecule has 0 amide bonds. The fraction of sp³-hybridized carbons (Fsp3) is 0.192. The van der Waals surface area contributed by atoms with Crippen molar-refractivity contribution in [1.82, 2.24) is 19.9 Å². The number of rotatable bonds is 4. The number of hydrogen-bond donors (Lipinski definition) is 4. The van der Waals surface area contributed by atoms with E-state index in [1.54, 1.807) is 30.6 Å². The minimum atomic E-state index is -0.395. The number of benzene rings is 1. The van der Waals surface area contributed by atoms with Gasteiger partial charge in [-0.3, -0.25) is 4.79 Å². The molecule has 1 saturated heterocycles. The number of H-pyrrole nitrogens is 2. The van der Waals surface area contributed by atoms with Crippen LogP contribution >= 0.6 is 0 Å². The van der Waals surface area contributed by atoms with Crippen LogP contribution in [0.3, 0.4) is 0 Å². The van der Waals surface area contributed by atoms with E-state index in [-0.39, 0.29) is 11.7 Å². The average Bonchev–Trinajstić information content (AvgIpc) is 3.32. The largest absolute Gasteiger partial charge is 0.393 e. The van der Waals surface area contributed by atoms with E-state index in [0.29, 0.717) is 33.7 Å². The molecule has 5 aromatic rings. The first-order valence-corrected chi connectivity index (χ1v) is 11.5. The summed E-state index contributed by atoms with van der Waals surface area (Å²) in [5.41, 5.74) is 3.15. The highest BCUT2D eigenvalue weighted by Gasteiger charge is 2.18. The molecule has 35 heavy (non-hydrogen) atoms. The lowest BCUT2D eigenvalue weighted by Crippen LogP contribution is -2.35. The minimum absolute atomic E-state index is 0.241. The summed E-state index contributed by atoms with van der Waals surface area (Å²) in [4.78, 5) is 29.8. The molecule has 5 heterocycles. The maximum Gasteiger partial charge on any atom is 0.259 e. The lowest BCUT2D eigenvalue weighted by atomic mass is 10.1. The number of nitrogens with one attached hydrogen (secondary N) is 3. The first-order chi connectivity index (χ1) is 17.0. The van der Waals surface area contributed by atoms with Crippen molar-refractivity contribution in [3.05, 3.63) is 77.2 Å². The molecule has 9 heteroatoms. The summed E-state index contributed by atoms with van der Waals surface area (Å²) in [5, 5.41) is 14.1. The van der Waals surface area contributed by atoms with Gasteiger partial charge >= 0.3 is 0 Å². The third-order valence-electron chi connectivity index (χ3n) is 6.49. The van der Waals surface area contributed by atoms with E-state index in [0.717, 1.165) is 42.5 Å². The van der Waals surface area contributed by atoms with Gasteiger partial charge in [0.2, 0.25) is 0 Å². The van der Waals surface area contributed by atoms with Crippen LogP contribution in [0.1, 0.15) is 12.8 Å². The number of fused-ring (bicyclic) bond motifs is 2. The van der Waals surface area contributed by atoms with Crippen LogP contribution in [0.5, 0.6) is 0 Å². The number of piperidine rings is 1. The Hall–Kier alpha value is -4.24. The van der Waals surface area contributed by atoms with Gasteiger partial charge in [0.1, 0.15) is 11.6 Å². The van der Waals surface area contributed by atoms with Crippen molar-refractivity contribution >= 4 is 39.0 Å². The molecule has 0 bridgehead atoms. The number of hydrogen-bond acceptors (Lipinski definition) is 6.